The molecule has 0 aliphatic carbocycles. The topological polar surface area (TPSA) is 113 Å². The minimum Gasteiger partial charge on any atom is -0.368 e. The van der Waals surface area contributed by atoms with Crippen LogP contribution in [0.25, 0.3) is 11.2 Å². The number of rotatable bonds is 3. The van der Waals surface area contributed by atoms with Crippen LogP contribution in [-0.4, -0.2) is 46.5 Å². The lowest BCUT2D eigenvalue weighted by atomic mass is 10.4. The van der Waals surface area contributed by atoms with Crippen molar-refractivity contribution < 1.29 is 4.79 Å². The molecule has 0 aliphatic rings. The second-order valence-electron chi connectivity index (χ2n) is 3.54. The summed E-state index contributed by atoms with van der Waals surface area (Å²) in [4.78, 5) is 28.0. The number of nitrogens with zero attached hydrogens (tertiary/aromatic N) is 4. The van der Waals surface area contributed by atoms with Gasteiger partial charge in [-0.15, -0.1) is 0 Å². The highest BCUT2D eigenvalue weighted by molar-refractivity contribution is 5.87. The van der Waals surface area contributed by atoms with E-state index in [1.54, 1.807) is 19.0 Å². The summed E-state index contributed by atoms with van der Waals surface area (Å²) in [6, 6.07) is 0. The van der Waals surface area contributed by atoms with Gasteiger partial charge in [0.1, 0.15) is 5.52 Å². The molecule has 0 unspecified atom stereocenters. The Labute approximate surface area is 97.3 Å². The zero-order chi connectivity index (χ0) is 12.4. The summed E-state index contributed by atoms with van der Waals surface area (Å²) in [5.74, 6) is 0.564. The lowest BCUT2D eigenvalue weighted by Crippen LogP contribution is -2.33. The number of anilines is 2. The SMILES string of the molecule is CNC(=O)CN(C)c1nc(N)nc2nc[nH]c12. The molecule has 0 radical (unpaired) electrons. The van der Waals surface area contributed by atoms with Crippen LogP contribution in [0.5, 0.6) is 0 Å². The first-order valence-corrected chi connectivity index (χ1v) is 5.00. The smallest absolute Gasteiger partial charge is 0.239 e. The van der Waals surface area contributed by atoms with Gasteiger partial charge in [-0.05, 0) is 0 Å². The van der Waals surface area contributed by atoms with Crippen molar-refractivity contribution in [2.75, 3.05) is 31.3 Å². The van der Waals surface area contributed by atoms with E-state index >= 15 is 0 Å². The third-order valence-electron chi connectivity index (χ3n) is 2.31. The molecule has 2 aromatic rings. The van der Waals surface area contributed by atoms with Crippen LogP contribution in [0.4, 0.5) is 11.8 Å². The number of nitrogens with two attached hydrogens (primary N) is 1. The van der Waals surface area contributed by atoms with Crippen molar-refractivity contribution in [3.63, 3.8) is 0 Å². The average molecular weight is 235 g/mol. The van der Waals surface area contributed by atoms with Crippen LogP contribution in [0, 0.1) is 0 Å². The van der Waals surface area contributed by atoms with E-state index in [9.17, 15) is 4.79 Å². The van der Waals surface area contributed by atoms with E-state index in [2.05, 4.69) is 25.3 Å². The van der Waals surface area contributed by atoms with Gasteiger partial charge in [-0.25, -0.2) is 4.98 Å². The molecule has 0 spiro atoms. The molecule has 0 bridgehead atoms. The normalized spacial score (nSPS) is 10.5. The summed E-state index contributed by atoms with van der Waals surface area (Å²) in [6.07, 6.45) is 1.51. The van der Waals surface area contributed by atoms with Crippen LogP contribution in [0.1, 0.15) is 0 Å². The number of nitrogens with one attached hydrogen (secondary N) is 2. The first kappa shape index (κ1) is 11.1. The fourth-order valence-electron chi connectivity index (χ4n) is 1.48. The molecule has 17 heavy (non-hydrogen) atoms. The molecule has 2 heterocycles. The number of amides is 1. The predicted molar refractivity (Wildman–Crippen MR) is 63.4 cm³/mol. The Morgan fingerprint density at radius 1 is 1.59 bits per heavy atom. The van der Waals surface area contributed by atoms with E-state index in [0.29, 0.717) is 17.0 Å². The number of likely N-dealkylation sites (N-methyl/N-ethyl adjacent to an activating group) is 2. The highest BCUT2D eigenvalue weighted by atomic mass is 16.1. The van der Waals surface area contributed by atoms with E-state index < -0.39 is 0 Å². The highest BCUT2D eigenvalue weighted by Crippen LogP contribution is 2.20. The van der Waals surface area contributed by atoms with E-state index in [1.165, 1.54) is 6.33 Å². The Morgan fingerprint density at radius 2 is 2.35 bits per heavy atom. The van der Waals surface area contributed by atoms with E-state index in [-0.39, 0.29) is 18.4 Å². The number of H-pyrrole nitrogens is 1. The predicted octanol–water partition coefficient (Wildman–Crippen LogP) is -0.883. The van der Waals surface area contributed by atoms with Gasteiger partial charge in [0, 0.05) is 14.1 Å². The minimum atomic E-state index is -0.114. The summed E-state index contributed by atoms with van der Waals surface area (Å²) in [7, 11) is 3.33. The minimum absolute atomic E-state index is 0.114. The monoisotopic (exact) mass is 235 g/mol. The van der Waals surface area contributed by atoms with Gasteiger partial charge in [0.15, 0.2) is 11.5 Å². The van der Waals surface area contributed by atoms with Crippen LogP contribution in [0.2, 0.25) is 0 Å². The first-order chi connectivity index (χ1) is 8.11. The Hall–Kier alpha value is -2.38. The number of hydrogen-bond donors (Lipinski definition) is 3. The molecule has 2 aromatic heterocycles. The maximum Gasteiger partial charge on any atom is 0.239 e. The fraction of sp³-hybridized carbons (Fsp3) is 0.333. The first-order valence-electron chi connectivity index (χ1n) is 5.00. The lowest BCUT2D eigenvalue weighted by Gasteiger charge is -2.17. The Kier molecular flexibility index (Phi) is 2.77. The van der Waals surface area contributed by atoms with E-state index in [1.807, 2.05) is 0 Å². The standard InChI is InChI=1S/C9H13N7O/c1-11-5(17)3-16(2)8-6-7(13-4-12-6)14-9(10)15-8/h4H,3H2,1-2H3,(H,11,17)(H3,10,12,13,14,15). The molecule has 90 valence electrons. The molecule has 0 atom stereocenters. The van der Waals surface area contributed by atoms with Crippen molar-refractivity contribution in [2.45, 2.75) is 0 Å². The summed E-state index contributed by atoms with van der Waals surface area (Å²) in [5, 5.41) is 2.54. The summed E-state index contributed by atoms with van der Waals surface area (Å²) in [6.45, 7) is 0.182. The third kappa shape index (κ3) is 2.10. The lowest BCUT2D eigenvalue weighted by molar-refractivity contribution is -0.119. The van der Waals surface area contributed by atoms with Crippen molar-refractivity contribution in [1.82, 2.24) is 25.3 Å². The fourth-order valence-corrected chi connectivity index (χ4v) is 1.48. The second-order valence-corrected chi connectivity index (χ2v) is 3.54. The summed E-state index contributed by atoms with van der Waals surface area (Å²) < 4.78 is 0. The van der Waals surface area contributed by atoms with Gasteiger partial charge < -0.3 is 20.9 Å². The zero-order valence-electron chi connectivity index (χ0n) is 9.56. The molecule has 4 N–H and O–H groups in total. The molecule has 8 heteroatoms. The molecule has 0 saturated carbocycles. The highest BCUT2D eigenvalue weighted by Gasteiger charge is 2.14. The number of fused-ring (bicyclic) bond motifs is 1. The summed E-state index contributed by atoms with van der Waals surface area (Å²) in [5.41, 5.74) is 6.72. The van der Waals surface area contributed by atoms with Crippen LogP contribution in [0.15, 0.2) is 6.33 Å². The average Bonchev–Trinajstić information content (AvgIpc) is 2.75. The third-order valence-corrected chi connectivity index (χ3v) is 2.31. The number of carbonyl (C=O) groups excluding carboxylic acids is 1. The van der Waals surface area contributed by atoms with Crippen molar-refractivity contribution >= 4 is 28.8 Å². The number of aromatic amines is 1. The van der Waals surface area contributed by atoms with Crippen molar-refractivity contribution in [2.24, 2.45) is 0 Å². The molecule has 2 rings (SSSR count). The molecule has 1 amide bonds. The largest absolute Gasteiger partial charge is 0.368 e. The van der Waals surface area contributed by atoms with Gasteiger partial charge in [-0.1, -0.05) is 0 Å². The van der Waals surface area contributed by atoms with E-state index in [4.69, 9.17) is 5.73 Å². The van der Waals surface area contributed by atoms with E-state index in [0.717, 1.165) is 0 Å². The van der Waals surface area contributed by atoms with Gasteiger partial charge in [-0.3, -0.25) is 4.79 Å². The van der Waals surface area contributed by atoms with Crippen molar-refractivity contribution in [1.29, 1.82) is 0 Å². The molecular formula is C9H13N7O. The van der Waals surface area contributed by atoms with Crippen molar-refractivity contribution in [3.05, 3.63) is 6.33 Å². The van der Waals surface area contributed by atoms with Gasteiger partial charge in [0.05, 0.1) is 12.9 Å². The molecular weight excluding hydrogens is 222 g/mol. The summed E-state index contributed by atoms with van der Waals surface area (Å²) >= 11 is 0. The molecule has 0 aromatic carbocycles. The number of hydrogen-bond acceptors (Lipinski definition) is 6. The quantitative estimate of drug-likeness (QED) is 0.636. The van der Waals surface area contributed by atoms with Crippen LogP contribution >= 0.6 is 0 Å². The Bertz CT molecular complexity index is 549. The Balaban J connectivity index is 2.39. The van der Waals surface area contributed by atoms with Gasteiger partial charge in [0.25, 0.3) is 0 Å². The van der Waals surface area contributed by atoms with Gasteiger partial charge in [0.2, 0.25) is 11.9 Å². The van der Waals surface area contributed by atoms with Crippen LogP contribution in [-0.2, 0) is 4.79 Å². The maximum atomic E-state index is 11.3. The van der Waals surface area contributed by atoms with Crippen LogP contribution in [0.3, 0.4) is 0 Å². The zero-order valence-corrected chi connectivity index (χ0v) is 9.56. The second kappa shape index (κ2) is 4.24. The molecule has 0 fully saturated rings. The Morgan fingerprint density at radius 3 is 3.06 bits per heavy atom. The number of nitrogen functional groups attached to an aromatic ring is 1. The van der Waals surface area contributed by atoms with Gasteiger partial charge >= 0.3 is 0 Å². The van der Waals surface area contributed by atoms with Gasteiger partial charge in [-0.2, -0.15) is 9.97 Å². The number of aromatic nitrogens is 4. The molecule has 8 nitrogen and oxygen atoms in total. The number of carbonyl (C=O) groups is 1. The van der Waals surface area contributed by atoms with Crippen LogP contribution < -0.4 is 16.0 Å². The number of imidazole rings is 1. The maximum absolute atomic E-state index is 11.3. The molecule has 0 aliphatic heterocycles. The molecule has 0 saturated heterocycles. The van der Waals surface area contributed by atoms with Crippen molar-refractivity contribution in [3.8, 4) is 0 Å².